The second kappa shape index (κ2) is 5.01. The molecule has 1 N–H and O–H groups in total. The quantitative estimate of drug-likeness (QED) is 0.710. The van der Waals surface area contributed by atoms with E-state index >= 15 is 0 Å². The van der Waals surface area contributed by atoms with Crippen molar-refractivity contribution in [2.75, 3.05) is 6.54 Å². The number of fused-ring (bicyclic) bond motifs is 1. The number of pyridine rings is 1. The van der Waals surface area contributed by atoms with Gasteiger partial charge in [-0.1, -0.05) is 5.92 Å². The lowest BCUT2D eigenvalue weighted by atomic mass is 10.2. The Morgan fingerprint density at radius 2 is 2.10 bits per heavy atom. The molecule has 0 fully saturated rings. The maximum Gasteiger partial charge on any atom is 0.332 e. The number of hydrogen-bond donors (Lipinski definition) is 1. The summed E-state index contributed by atoms with van der Waals surface area (Å²) in [6.45, 7) is 0.0855. The molecule has 1 amide bonds. The Morgan fingerprint density at radius 1 is 1.40 bits per heavy atom. The van der Waals surface area contributed by atoms with Gasteiger partial charge in [-0.3, -0.25) is 18.7 Å². The monoisotopic (exact) mass is 272 g/mol. The summed E-state index contributed by atoms with van der Waals surface area (Å²) in [5.41, 5.74) is -0.531. The fraction of sp³-hybridized carbons (Fsp3) is 0.231. The van der Waals surface area contributed by atoms with E-state index in [2.05, 4.69) is 16.2 Å². The fourth-order valence-electron chi connectivity index (χ4n) is 1.82. The van der Waals surface area contributed by atoms with Crippen molar-refractivity contribution in [3.05, 3.63) is 38.7 Å². The van der Waals surface area contributed by atoms with E-state index in [1.165, 1.54) is 30.9 Å². The first kappa shape index (κ1) is 13.5. The lowest BCUT2D eigenvalue weighted by Gasteiger charge is -2.07. The van der Waals surface area contributed by atoms with Crippen LogP contribution in [0.15, 0.2) is 21.9 Å². The van der Waals surface area contributed by atoms with Gasteiger partial charge in [0, 0.05) is 20.3 Å². The maximum atomic E-state index is 12.0. The summed E-state index contributed by atoms with van der Waals surface area (Å²) in [5.74, 6) is 1.86. The number of aryl methyl sites for hydroxylation is 1. The number of nitrogens with one attached hydrogen (secondary N) is 1. The highest BCUT2D eigenvalue weighted by Gasteiger charge is 2.12. The molecule has 0 aromatic carbocycles. The summed E-state index contributed by atoms with van der Waals surface area (Å²) in [5, 5.41) is 2.68. The van der Waals surface area contributed by atoms with Crippen molar-refractivity contribution in [1.29, 1.82) is 0 Å². The van der Waals surface area contributed by atoms with E-state index in [1.807, 2.05) is 0 Å². The van der Waals surface area contributed by atoms with Gasteiger partial charge in [-0.25, -0.2) is 9.78 Å². The average Bonchev–Trinajstić information content (AvgIpc) is 2.47. The maximum absolute atomic E-state index is 12.0. The van der Waals surface area contributed by atoms with Gasteiger partial charge in [0.25, 0.3) is 11.5 Å². The summed E-state index contributed by atoms with van der Waals surface area (Å²) in [6.07, 6.45) is 6.35. The van der Waals surface area contributed by atoms with Crippen LogP contribution in [0, 0.1) is 12.3 Å². The van der Waals surface area contributed by atoms with Crippen molar-refractivity contribution < 1.29 is 4.79 Å². The number of amides is 1. The molecular weight excluding hydrogens is 260 g/mol. The molecule has 102 valence electrons. The highest BCUT2D eigenvalue weighted by molar-refractivity contribution is 5.96. The third kappa shape index (κ3) is 2.07. The van der Waals surface area contributed by atoms with Crippen LogP contribution in [0.25, 0.3) is 11.0 Å². The third-order valence-electron chi connectivity index (χ3n) is 2.91. The molecule has 2 aromatic heterocycles. The first-order valence-corrected chi connectivity index (χ1v) is 5.74. The molecule has 20 heavy (non-hydrogen) atoms. The van der Waals surface area contributed by atoms with Crippen LogP contribution in [0.5, 0.6) is 0 Å². The van der Waals surface area contributed by atoms with Crippen molar-refractivity contribution >= 4 is 16.9 Å². The van der Waals surface area contributed by atoms with Crippen molar-refractivity contribution in [3.63, 3.8) is 0 Å². The second-order valence-electron chi connectivity index (χ2n) is 4.19. The molecule has 0 saturated carbocycles. The van der Waals surface area contributed by atoms with Gasteiger partial charge in [-0.05, 0) is 6.07 Å². The van der Waals surface area contributed by atoms with Crippen LogP contribution in [0.3, 0.4) is 0 Å². The number of aromatic nitrogens is 3. The summed E-state index contributed by atoms with van der Waals surface area (Å²) in [7, 11) is 2.88. The average molecular weight is 272 g/mol. The minimum Gasteiger partial charge on any atom is -0.341 e. The van der Waals surface area contributed by atoms with E-state index in [9.17, 15) is 14.4 Å². The third-order valence-corrected chi connectivity index (χ3v) is 2.91. The van der Waals surface area contributed by atoms with Gasteiger partial charge in [0.15, 0.2) is 0 Å². The Labute approximate surface area is 113 Å². The smallest absolute Gasteiger partial charge is 0.332 e. The topological polar surface area (TPSA) is 86.0 Å². The molecule has 7 heteroatoms. The Kier molecular flexibility index (Phi) is 3.39. The van der Waals surface area contributed by atoms with Crippen molar-refractivity contribution in [1.82, 2.24) is 19.4 Å². The summed E-state index contributed by atoms with van der Waals surface area (Å²) >= 11 is 0. The Morgan fingerprint density at radius 3 is 2.75 bits per heavy atom. The van der Waals surface area contributed by atoms with E-state index in [1.54, 1.807) is 0 Å². The first-order chi connectivity index (χ1) is 9.47. The van der Waals surface area contributed by atoms with E-state index in [-0.39, 0.29) is 23.1 Å². The minimum absolute atomic E-state index is 0.0855. The SMILES string of the molecule is C#CCNC(=O)c1cnc2c(c1)c(=O)n(C)c(=O)n2C. The zero-order valence-corrected chi connectivity index (χ0v) is 11.0. The van der Waals surface area contributed by atoms with E-state index < -0.39 is 17.2 Å². The van der Waals surface area contributed by atoms with Gasteiger partial charge >= 0.3 is 5.69 Å². The molecule has 0 bridgehead atoms. The molecule has 7 nitrogen and oxygen atoms in total. The molecule has 0 aliphatic carbocycles. The molecule has 0 aliphatic heterocycles. The highest BCUT2D eigenvalue weighted by Crippen LogP contribution is 2.07. The number of carbonyl (C=O) groups is 1. The van der Waals surface area contributed by atoms with Gasteiger partial charge in [0.05, 0.1) is 17.5 Å². The Hall–Kier alpha value is -2.88. The summed E-state index contributed by atoms with van der Waals surface area (Å²) < 4.78 is 2.22. The number of rotatable bonds is 2. The molecule has 2 aromatic rings. The van der Waals surface area contributed by atoms with Crippen LogP contribution in [0.1, 0.15) is 10.4 Å². The van der Waals surface area contributed by atoms with Crippen LogP contribution in [-0.2, 0) is 14.1 Å². The van der Waals surface area contributed by atoms with Gasteiger partial charge in [-0.2, -0.15) is 0 Å². The number of nitrogens with zero attached hydrogens (tertiary/aromatic N) is 3. The first-order valence-electron chi connectivity index (χ1n) is 5.74. The number of terminal acetylenes is 1. The summed E-state index contributed by atoms with van der Waals surface area (Å²) in [4.78, 5) is 39.6. The Bertz CT molecular complexity index is 855. The van der Waals surface area contributed by atoms with Gasteiger partial charge in [0.2, 0.25) is 0 Å². The van der Waals surface area contributed by atoms with E-state index in [0.29, 0.717) is 0 Å². The largest absolute Gasteiger partial charge is 0.341 e. The van der Waals surface area contributed by atoms with Crippen molar-refractivity contribution in [3.8, 4) is 12.3 Å². The standard InChI is InChI=1S/C13H12N4O3/c1-4-5-14-11(18)8-6-9-10(15-7-8)16(2)13(20)17(3)12(9)19/h1,6-7H,5H2,2-3H3,(H,14,18). The fourth-order valence-corrected chi connectivity index (χ4v) is 1.82. The molecule has 0 aliphatic rings. The summed E-state index contributed by atoms with van der Waals surface area (Å²) in [6, 6.07) is 1.40. The van der Waals surface area contributed by atoms with Crippen LogP contribution < -0.4 is 16.6 Å². The molecular formula is C13H12N4O3. The van der Waals surface area contributed by atoms with E-state index in [4.69, 9.17) is 6.42 Å². The van der Waals surface area contributed by atoms with Crippen molar-refractivity contribution in [2.24, 2.45) is 14.1 Å². The molecule has 0 atom stereocenters. The predicted molar refractivity (Wildman–Crippen MR) is 73.4 cm³/mol. The zero-order chi connectivity index (χ0) is 14.9. The molecule has 0 saturated heterocycles. The van der Waals surface area contributed by atoms with Crippen LogP contribution in [0.4, 0.5) is 0 Å². The zero-order valence-electron chi connectivity index (χ0n) is 11.0. The van der Waals surface area contributed by atoms with Gasteiger partial charge in [-0.15, -0.1) is 6.42 Å². The molecule has 0 radical (unpaired) electrons. The van der Waals surface area contributed by atoms with Crippen LogP contribution in [0.2, 0.25) is 0 Å². The molecule has 2 heterocycles. The second-order valence-corrected chi connectivity index (χ2v) is 4.19. The minimum atomic E-state index is -0.498. The molecule has 2 rings (SSSR count). The van der Waals surface area contributed by atoms with Gasteiger partial charge < -0.3 is 5.32 Å². The number of hydrogen-bond acceptors (Lipinski definition) is 4. The van der Waals surface area contributed by atoms with Crippen molar-refractivity contribution in [2.45, 2.75) is 0 Å². The lowest BCUT2D eigenvalue weighted by molar-refractivity contribution is 0.0958. The molecule has 0 unspecified atom stereocenters. The Balaban J connectivity index is 2.67. The highest BCUT2D eigenvalue weighted by atomic mass is 16.2. The number of carbonyl (C=O) groups excluding carboxylic acids is 1. The normalized spacial score (nSPS) is 10.2. The van der Waals surface area contributed by atoms with Gasteiger partial charge in [0.1, 0.15) is 5.65 Å². The van der Waals surface area contributed by atoms with Crippen LogP contribution >= 0.6 is 0 Å². The molecule has 0 spiro atoms. The predicted octanol–water partition coefficient (Wildman–Crippen LogP) is -1.00. The van der Waals surface area contributed by atoms with Crippen LogP contribution in [-0.4, -0.2) is 26.6 Å². The lowest BCUT2D eigenvalue weighted by Crippen LogP contribution is -2.37. The van der Waals surface area contributed by atoms with E-state index in [0.717, 1.165) is 4.57 Å².